The van der Waals surface area contributed by atoms with Crippen LogP contribution in [0.4, 0.5) is 0 Å². The summed E-state index contributed by atoms with van der Waals surface area (Å²) >= 11 is 0. The molecule has 1 aliphatic rings. The number of benzene rings is 2. The summed E-state index contributed by atoms with van der Waals surface area (Å²) in [4.78, 5) is 0. The van der Waals surface area contributed by atoms with E-state index < -0.39 is 0 Å². The van der Waals surface area contributed by atoms with Crippen LogP contribution < -0.4 is 4.74 Å². The number of hydrogen-bond donors (Lipinski definition) is 0. The maximum absolute atomic E-state index is 5.77. The standard InChI is InChI=1S/C24H30O/c1-17(18-10-8-7-9-11-18)14-19-15-20-21(16-22(19)25-6)24(4,5)13-12-23(20,2)3/h7-11,14-16H,12-13H2,1-6H3/b17-14+. The van der Waals surface area contributed by atoms with Crippen LogP contribution in [0.2, 0.25) is 0 Å². The highest BCUT2D eigenvalue weighted by atomic mass is 16.5. The zero-order valence-corrected chi connectivity index (χ0v) is 16.4. The molecule has 0 amide bonds. The third-order valence-corrected chi connectivity index (χ3v) is 5.80. The lowest BCUT2D eigenvalue weighted by Crippen LogP contribution is -2.33. The topological polar surface area (TPSA) is 9.23 Å². The van der Waals surface area contributed by atoms with E-state index in [1.807, 2.05) is 0 Å². The minimum atomic E-state index is 0.203. The zero-order valence-electron chi connectivity index (χ0n) is 16.4. The lowest BCUT2D eigenvalue weighted by atomic mass is 9.63. The van der Waals surface area contributed by atoms with Crippen LogP contribution in [-0.2, 0) is 10.8 Å². The highest BCUT2D eigenvalue weighted by Crippen LogP contribution is 2.48. The van der Waals surface area contributed by atoms with Crippen LogP contribution in [0, 0.1) is 0 Å². The fourth-order valence-corrected chi connectivity index (χ4v) is 3.92. The van der Waals surface area contributed by atoms with Crippen LogP contribution in [0.25, 0.3) is 11.6 Å². The highest BCUT2D eigenvalue weighted by Gasteiger charge is 2.37. The molecule has 0 atom stereocenters. The first-order valence-electron chi connectivity index (χ1n) is 9.21. The van der Waals surface area contributed by atoms with Gasteiger partial charge in [0.1, 0.15) is 5.75 Å². The SMILES string of the molecule is COc1cc2c(cc1/C=C(\C)c1ccccc1)C(C)(C)CCC2(C)C. The van der Waals surface area contributed by atoms with Crippen LogP contribution in [0.5, 0.6) is 5.75 Å². The third kappa shape index (κ3) is 3.38. The van der Waals surface area contributed by atoms with Crippen molar-refractivity contribution in [1.29, 1.82) is 0 Å². The maximum atomic E-state index is 5.77. The third-order valence-electron chi connectivity index (χ3n) is 5.80. The summed E-state index contributed by atoms with van der Waals surface area (Å²) in [5, 5.41) is 0. The predicted octanol–water partition coefficient (Wildman–Crippen LogP) is 6.60. The van der Waals surface area contributed by atoms with E-state index in [9.17, 15) is 0 Å². The molecule has 0 saturated heterocycles. The van der Waals surface area contributed by atoms with E-state index in [0.717, 1.165) is 5.75 Å². The van der Waals surface area contributed by atoms with Crippen molar-refractivity contribution in [3.8, 4) is 5.75 Å². The molecule has 1 aliphatic carbocycles. The van der Waals surface area contributed by atoms with E-state index in [2.05, 4.69) is 83.2 Å². The summed E-state index contributed by atoms with van der Waals surface area (Å²) in [6.45, 7) is 11.6. The summed E-state index contributed by atoms with van der Waals surface area (Å²) in [5.41, 5.74) is 7.00. The molecular formula is C24H30O. The van der Waals surface area contributed by atoms with Gasteiger partial charge in [0, 0.05) is 5.56 Å². The average molecular weight is 335 g/mol. The van der Waals surface area contributed by atoms with E-state index in [-0.39, 0.29) is 10.8 Å². The van der Waals surface area contributed by atoms with E-state index in [4.69, 9.17) is 4.74 Å². The van der Waals surface area contributed by atoms with Crippen molar-refractivity contribution in [3.63, 3.8) is 0 Å². The fraction of sp³-hybridized carbons (Fsp3) is 0.417. The van der Waals surface area contributed by atoms with E-state index in [0.29, 0.717) is 0 Å². The molecule has 1 heteroatoms. The Morgan fingerprint density at radius 3 is 2.04 bits per heavy atom. The van der Waals surface area contributed by atoms with E-state index >= 15 is 0 Å². The van der Waals surface area contributed by atoms with Crippen LogP contribution in [0.3, 0.4) is 0 Å². The van der Waals surface area contributed by atoms with Crippen LogP contribution in [0.1, 0.15) is 69.7 Å². The Labute approximate surface area is 152 Å². The van der Waals surface area contributed by atoms with Crippen molar-refractivity contribution in [2.45, 2.75) is 58.3 Å². The Morgan fingerprint density at radius 2 is 1.48 bits per heavy atom. The molecule has 0 saturated carbocycles. The van der Waals surface area contributed by atoms with Crippen molar-refractivity contribution in [3.05, 3.63) is 64.7 Å². The second-order valence-electron chi connectivity index (χ2n) is 8.60. The second kappa shape index (κ2) is 6.37. The summed E-state index contributed by atoms with van der Waals surface area (Å²) in [6, 6.07) is 15.2. The number of methoxy groups -OCH3 is 1. The summed E-state index contributed by atoms with van der Waals surface area (Å²) in [7, 11) is 1.78. The van der Waals surface area contributed by atoms with Gasteiger partial charge in [0.15, 0.2) is 0 Å². The molecule has 25 heavy (non-hydrogen) atoms. The molecule has 0 radical (unpaired) electrons. The molecule has 1 nitrogen and oxygen atoms in total. The number of fused-ring (bicyclic) bond motifs is 1. The Bertz CT molecular complexity index is 794. The predicted molar refractivity (Wildman–Crippen MR) is 108 cm³/mol. The lowest BCUT2D eigenvalue weighted by molar-refractivity contribution is 0.328. The van der Waals surface area contributed by atoms with Gasteiger partial charge in [-0.15, -0.1) is 0 Å². The molecule has 0 aromatic heterocycles. The van der Waals surface area contributed by atoms with E-state index in [1.54, 1.807) is 7.11 Å². The Kier molecular flexibility index (Phi) is 4.53. The molecule has 0 fully saturated rings. The molecule has 132 valence electrons. The van der Waals surface area contributed by atoms with Gasteiger partial charge < -0.3 is 4.74 Å². The molecule has 2 aromatic rings. The van der Waals surface area contributed by atoms with Crippen molar-refractivity contribution in [2.24, 2.45) is 0 Å². The van der Waals surface area contributed by atoms with Gasteiger partial charge in [-0.2, -0.15) is 0 Å². The second-order valence-corrected chi connectivity index (χ2v) is 8.60. The minimum Gasteiger partial charge on any atom is -0.496 e. The van der Waals surface area contributed by atoms with Crippen molar-refractivity contribution in [2.75, 3.05) is 7.11 Å². The Morgan fingerprint density at radius 1 is 0.920 bits per heavy atom. The number of allylic oxidation sites excluding steroid dienone is 1. The molecule has 0 heterocycles. The molecule has 2 aromatic carbocycles. The normalized spacial score (nSPS) is 18.6. The van der Waals surface area contributed by atoms with Crippen LogP contribution >= 0.6 is 0 Å². The molecule has 0 spiro atoms. The van der Waals surface area contributed by atoms with Gasteiger partial charge in [-0.3, -0.25) is 0 Å². The lowest BCUT2D eigenvalue weighted by Gasteiger charge is -2.42. The van der Waals surface area contributed by atoms with Gasteiger partial charge in [0.2, 0.25) is 0 Å². The Hall–Kier alpha value is -2.02. The minimum absolute atomic E-state index is 0.203. The van der Waals surface area contributed by atoms with Crippen molar-refractivity contribution >= 4 is 11.6 Å². The highest BCUT2D eigenvalue weighted by molar-refractivity contribution is 5.82. The molecule has 0 unspecified atom stereocenters. The molecular weight excluding hydrogens is 304 g/mol. The Balaban J connectivity index is 2.15. The van der Waals surface area contributed by atoms with Gasteiger partial charge in [0.05, 0.1) is 7.11 Å². The maximum Gasteiger partial charge on any atom is 0.126 e. The fourth-order valence-electron chi connectivity index (χ4n) is 3.92. The summed E-state index contributed by atoms with van der Waals surface area (Å²) in [6.07, 6.45) is 4.70. The summed E-state index contributed by atoms with van der Waals surface area (Å²) < 4.78 is 5.77. The van der Waals surface area contributed by atoms with Gasteiger partial charge >= 0.3 is 0 Å². The van der Waals surface area contributed by atoms with Crippen LogP contribution in [0.15, 0.2) is 42.5 Å². The largest absolute Gasteiger partial charge is 0.496 e. The molecule has 3 rings (SSSR count). The number of hydrogen-bond acceptors (Lipinski definition) is 1. The van der Waals surface area contributed by atoms with Gasteiger partial charge in [-0.25, -0.2) is 0 Å². The first-order chi connectivity index (χ1) is 11.7. The first kappa shape index (κ1) is 17.8. The summed E-state index contributed by atoms with van der Waals surface area (Å²) in [5.74, 6) is 0.972. The quantitative estimate of drug-likeness (QED) is 0.574. The van der Waals surface area contributed by atoms with E-state index in [1.165, 1.54) is 40.7 Å². The molecule has 0 aliphatic heterocycles. The van der Waals surface area contributed by atoms with Gasteiger partial charge in [0.25, 0.3) is 0 Å². The molecule has 0 bridgehead atoms. The van der Waals surface area contributed by atoms with Crippen molar-refractivity contribution < 1.29 is 4.74 Å². The number of ether oxygens (including phenoxy) is 1. The first-order valence-corrected chi connectivity index (χ1v) is 9.21. The smallest absolute Gasteiger partial charge is 0.126 e. The zero-order chi connectivity index (χ0) is 18.2. The van der Waals surface area contributed by atoms with Gasteiger partial charge in [-0.05, 0) is 71.1 Å². The monoisotopic (exact) mass is 334 g/mol. The molecule has 0 N–H and O–H groups in total. The van der Waals surface area contributed by atoms with Crippen molar-refractivity contribution in [1.82, 2.24) is 0 Å². The average Bonchev–Trinajstić information content (AvgIpc) is 2.59. The van der Waals surface area contributed by atoms with Gasteiger partial charge in [-0.1, -0.05) is 58.0 Å². The van der Waals surface area contributed by atoms with Crippen LogP contribution in [-0.4, -0.2) is 7.11 Å². The number of rotatable bonds is 3.